The van der Waals surface area contributed by atoms with E-state index in [1.54, 1.807) is 15.9 Å². The highest BCUT2D eigenvalue weighted by molar-refractivity contribution is 7.89. The van der Waals surface area contributed by atoms with Gasteiger partial charge in [0.25, 0.3) is 0 Å². The molecule has 0 atom stereocenters. The van der Waals surface area contributed by atoms with E-state index >= 15 is 0 Å². The largest absolute Gasteiger partial charge is 0.490 e. The van der Waals surface area contributed by atoms with Gasteiger partial charge < -0.3 is 35.8 Å². The Morgan fingerprint density at radius 1 is 0.906 bits per heavy atom. The normalized spacial score (nSPS) is 15.0. The van der Waals surface area contributed by atoms with Gasteiger partial charge >= 0.3 is 24.3 Å². The summed E-state index contributed by atoms with van der Waals surface area (Å²) in [6.07, 6.45) is -5.28. The van der Waals surface area contributed by atoms with Crippen LogP contribution < -0.4 is 20.5 Å². The summed E-state index contributed by atoms with van der Waals surface area (Å²) in [7, 11) is -4.27. The number of amides is 2. The van der Waals surface area contributed by atoms with Crippen molar-refractivity contribution in [1.29, 1.82) is 5.41 Å². The highest BCUT2D eigenvalue weighted by atomic mass is 35.5. The summed E-state index contributed by atoms with van der Waals surface area (Å²) in [5.74, 6) is -5.31. The molecule has 0 spiro atoms. The second-order valence-electron chi connectivity index (χ2n) is 14.7. The van der Waals surface area contributed by atoms with Gasteiger partial charge in [-0.2, -0.15) is 31.1 Å². The highest BCUT2D eigenvalue weighted by Crippen LogP contribution is 2.37. The minimum atomic E-state index is -5.08. The van der Waals surface area contributed by atoms with E-state index in [0.717, 1.165) is 35.9 Å². The van der Waals surface area contributed by atoms with Crippen LogP contribution in [0.5, 0.6) is 5.75 Å². The first-order valence-corrected chi connectivity index (χ1v) is 21.7. The van der Waals surface area contributed by atoms with E-state index in [4.69, 9.17) is 58.9 Å². The van der Waals surface area contributed by atoms with Crippen molar-refractivity contribution in [3.63, 3.8) is 0 Å². The highest BCUT2D eigenvalue weighted by Gasteiger charge is 2.47. The van der Waals surface area contributed by atoms with Gasteiger partial charge in [0.1, 0.15) is 28.3 Å². The smallest absolute Gasteiger partial charge is 0.487 e. The number of nitrogens with zero attached hydrogens (tertiary/aromatic N) is 3. The lowest BCUT2D eigenvalue weighted by molar-refractivity contribution is -0.193. The Labute approximate surface area is 374 Å². The Hall–Kier alpha value is -5.13. The molecule has 64 heavy (non-hydrogen) atoms. The Morgan fingerprint density at radius 3 is 2.02 bits per heavy atom. The summed E-state index contributed by atoms with van der Waals surface area (Å²) in [6, 6.07) is 10.4. The number of piperazine rings is 1. The summed E-state index contributed by atoms with van der Waals surface area (Å²) in [5, 5.41) is 25.3. The van der Waals surface area contributed by atoms with Gasteiger partial charge in [-0.05, 0) is 69.4 Å². The average Bonchev–Trinajstić information content (AvgIpc) is 3.67. The Kier molecular flexibility index (Phi) is 18.8. The second-order valence-corrected chi connectivity index (χ2v) is 17.1. The molecule has 1 saturated heterocycles. The molecule has 25 heteroatoms. The fourth-order valence-corrected chi connectivity index (χ4v) is 9.12. The maximum Gasteiger partial charge on any atom is 0.490 e. The number of carbonyl (C=O) groups excluding carboxylic acids is 2. The number of benzene rings is 2. The molecule has 3 aromatic rings. The second kappa shape index (κ2) is 22.7. The van der Waals surface area contributed by atoms with Gasteiger partial charge in [0.05, 0.1) is 5.02 Å². The van der Waals surface area contributed by atoms with E-state index < -0.39 is 39.9 Å². The number of guanidine groups is 1. The Bertz CT molecular complexity index is 2270. The van der Waals surface area contributed by atoms with Gasteiger partial charge in [-0.1, -0.05) is 54.6 Å². The van der Waals surface area contributed by atoms with Crippen LogP contribution in [0, 0.1) is 19.3 Å². The molecule has 1 aromatic heterocycles. The quantitative estimate of drug-likeness (QED) is 0.0478. The van der Waals surface area contributed by atoms with Crippen molar-refractivity contribution >= 4 is 73.8 Å². The number of alkyl halides is 6. The van der Waals surface area contributed by atoms with E-state index in [0.29, 0.717) is 81.7 Å². The molecule has 7 N–H and O–H groups in total. The van der Waals surface area contributed by atoms with Crippen molar-refractivity contribution in [2.45, 2.75) is 94.6 Å². The number of halogens is 8. The predicted molar refractivity (Wildman–Crippen MR) is 222 cm³/mol. The maximum atomic E-state index is 14.0. The number of rotatable bonds is 13. The molecule has 2 amide bonds. The molecule has 2 aliphatic rings. The number of hydrogen-bond donors (Lipinski definition) is 6. The van der Waals surface area contributed by atoms with Crippen molar-refractivity contribution in [2.24, 2.45) is 5.73 Å². The van der Waals surface area contributed by atoms with Crippen LogP contribution in [0.25, 0.3) is 10.9 Å². The topological polar surface area (TPSA) is 245 Å². The van der Waals surface area contributed by atoms with E-state index in [2.05, 4.69) is 15.0 Å². The Morgan fingerprint density at radius 2 is 1.47 bits per heavy atom. The number of pyridine rings is 1. The van der Waals surface area contributed by atoms with Gasteiger partial charge in [-0.25, -0.2) is 23.0 Å². The summed E-state index contributed by atoms with van der Waals surface area (Å²) < 4.78 is 100. The molecule has 2 aromatic carbocycles. The number of hydrogen-bond acceptors (Lipinski definition) is 9. The molecule has 0 unspecified atom stereocenters. The standard InChI is InChI=1S/C35H45Cl2N7O5S.2C2HF3O2/c1-23-21-24(2)41-32-25(23)9-8-10-28(32)49-22-26-27(36)12-13-29(31(26)37)50(47,48)42-35(14-5-6-15-35)33(46)44-19-17-43(18-20-44)30(45)11-4-3-7-16-40-34(38)39;2*3-2(4,5)1(6)7/h8-10,12-13,21,42H,3-7,11,14-20,22H2,1-2H3,(H4,38,39,40);2*(H,6,7). The molecule has 1 aliphatic heterocycles. The fraction of sp³-hybridized carbons (Fsp3) is 0.487. The predicted octanol–water partition coefficient (Wildman–Crippen LogP) is 6.31. The Balaban J connectivity index is 0.000000671. The van der Waals surface area contributed by atoms with E-state index in [9.17, 15) is 44.3 Å². The number of nitrogens with two attached hydrogens (primary N) is 1. The van der Waals surface area contributed by atoms with Crippen LogP contribution in [-0.2, 0) is 35.8 Å². The summed E-state index contributed by atoms with van der Waals surface area (Å²) in [4.78, 5) is 52.5. The molecular formula is C39H47Cl2F6N7O9S. The van der Waals surface area contributed by atoms with Crippen LogP contribution in [-0.4, -0.2) is 114 Å². The lowest BCUT2D eigenvalue weighted by Crippen LogP contribution is -2.61. The summed E-state index contributed by atoms with van der Waals surface area (Å²) >= 11 is 13.3. The van der Waals surface area contributed by atoms with E-state index in [-0.39, 0.29) is 39.3 Å². The third-order valence-corrected chi connectivity index (χ3v) is 12.4. The lowest BCUT2D eigenvalue weighted by Gasteiger charge is -2.40. The van der Waals surface area contributed by atoms with E-state index in [1.807, 2.05) is 32.0 Å². The van der Waals surface area contributed by atoms with Crippen molar-refractivity contribution in [1.82, 2.24) is 24.8 Å². The minimum Gasteiger partial charge on any atom is -0.487 e. The van der Waals surface area contributed by atoms with Crippen molar-refractivity contribution < 1.29 is 68.9 Å². The monoisotopic (exact) mass is 973 g/mol. The zero-order valence-electron chi connectivity index (χ0n) is 34.5. The van der Waals surface area contributed by atoms with Crippen molar-refractivity contribution in [2.75, 3.05) is 32.7 Å². The van der Waals surface area contributed by atoms with Crippen molar-refractivity contribution in [3.8, 4) is 5.75 Å². The minimum absolute atomic E-state index is 0.0343. The number of para-hydroxylation sites is 1. The zero-order chi connectivity index (χ0) is 48.2. The van der Waals surface area contributed by atoms with Gasteiger partial charge in [0, 0.05) is 60.8 Å². The summed E-state index contributed by atoms with van der Waals surface area (Å²) in [6.45, 7) is 5.82. The van der Waals surface area contributed by atoms with Gasteiger partial charge in [-0.15, -0.1) is 0 Å². The van der Waals surface area contributed by atoms with Crippen LogP contribution >= 0.6 is 23.2 Å². The van der Waals surface area contributed by atoms with Gasteiger partial charge in [0.15, 0.2) is 5.96 Å². The van der Waals surface area contributed by atoms with Crippen LogP contribution in [0.15, 0.2) is 41.3 Å². The van der Waals surface area contributed by atoms with Gasteiger partial charge in [-0.3, -0.25) is 15.0 Å². The number of unbranched alkanes of at least 4 members (excludes halogenated alkanes) is 2. The number of ether oxygens (including phenoxy) is 1. The molecule has 354 valence electrons. The van der Waals surface area contributed by atoms with Crippen LogP contribution in [0.2, 0.25) is 10.0 Å². The SMILES string of the molecule is Cc1cc(C)c2cccc(OCc3c(Cl)ccc(S(=O)(=O)NC4(C(=O)N5CCN(C(=O)CCCCCNC(=N)N)CC5)CCCC4)c3Cl)c2n1.O=C(O)C(F)(F)F.O=C(O)C(F)(F)F. The third-order valence-electron chi connectivity index (χ3n) is 9.93. The summed E-state index contributed by atoms with van der Waals surface area (Å²) in [5.41, 5.74) is 6.86. The molecule has 16 nitrogen and oxygen atoms in total. The van der Waals surface area contributed by atoms with Crippen LogP contribution in [0.4, 0.5) is 26.3 Å². The van der Waals surface area contributed by atoms with Crippen molar-refractivity contribution in [3.05, 3.63) is 63.3 Å². The lowest BCUT2D eigenvalue weighted by atomic mass is 9.96. The first kappa shape index (κ1) is 53.2. The van der Waals surface area contributed by atoms with Crippen LogP contribution in [0.3, 0.4) is 0 Å². The molecule has 0 radical (unpaired) electrons. The molecule has 1 saturated carbocycles. The number of aryl methyl sites for hydroxylation is 2. The number of carboxylic acids is 2. The van der Waals surface area contributed by atoms with Crippen LogP contribution in [0.1, 0.15) is 68.2 Å². The molecule has 5 rings (SSSR count). The number of aliphatic carboxylic acids is 2. The molecule has 2 heterocycles. The first-order valence-electron chi connectivity index (χ1n) is 19.5. The zero-order valence-corrected chi connectivity index (χ0v) is 36.8. The van der Waals surface area contributed by atoms with E-state index in [1.165, 1.54) is 12.1 Å². The number of fused-ring (bicyclic) bond motifs is 1. The molecular weight excluding hydrogens is 927 g/mol. The maximum absolute atomic E-state index is 14.0. The number of sulfonamides is 1. The first-order chi connectivity index (χ1) is 29.7. The number of aromatic nitrogens is 1. The average molecular weight is 975 g/mol. The molecule has 0 bridgehead atoms. The number of carboxylic acid groups (broad SMARTS) is 2. The van der Waals surface area contributed by atoms with Gasteiger partial charge in [0.2, 0.25) is 21.8 Å². The third kappa shape index (κ3) is 15.0. The molecule has 1 aliphatic carbocycles. The molecule has 2 fully saturated rings. The number of carbonyl (C=O) groups is 4. The fourth-order valence-electron chi connectivity index (χ4n) is 6.81. The number of nitrogens with one attached hydrogen (secondary N) is 3.